The summed E-state index contributed by atoms with van der Waals surface area (Å²) in [6.45, 7) is 8.19. The second-order valence-corrected chi connectivity index (χ2v) is 8.55. The van der Waals surface area contributed by atoms with Gasteiger partial charge in [-0.25, -0.2) is 4.39 Å². The second kappa shape index (κ2) is 10.2. The number of amides is 2. The first-order valence-electron chi connectivity index (χ1n) is 10.7. The van der Waals surface area contributed by atoms with Gasteiger partial charge in [0.25, 0.3) is 0 Å². The molecule has 2 fully saturated rings. The number of hydrogen-bond donors (Lipinski definition) is 2. The summed E-state index contributed by atoms with van der Waals surface area (Å²) in [6, 6.07) is 6.19. The highest BCUT2D eigenvalue weighted by atomic mass is 19.1. The van der Waals surface area contributed by atoms with Crippen molar-refractivity contribution in [2.75, 3.05) is 44.6 Å². The Morgan fingerprint density at radius 2 is 1.69 bits per heavy atom. The van der Waals surface area contributed by atoms with Crippen LogP contribution in [0, 0.1) is 17.7 Å². The normalized spacial score (nSPS) is 26.1. The number of nitrogens with zero attached hydrogens (tertiary/aromatic N) is 2. The number of carbonyl (C=O) groups excluding carboxylic acids is 2. The maximum absolute atomic E-state index is 13.2. The van der Waals surface area contributed by atoms with Crippen LogP contribution in [-0.4, -0.2) is 66.9 Å². The lowest BCUT2D eigenvalue weighted by atomic mass is 9.78. The Kier molecular flexibility index (Phi) is 7.61. The molecule has 7 heteroatoms. The summed E-state index contributed by atoms with van der Waals surface area (Å²) < 4.78 is 13.2. The van der Waals surface area contributed by atoms with Crippen LogP contribution in [0.4, 0.5) is 10.1 Å². The van der Waals surface area contributed by atoms with Crippen molar-refractivity contribution in [2.24, 2.45) is 11.8 Å². The molecule has 6 nitrogen and oxygen atoms in total. The average Bonchev–Trinajstić information content (AvgIpc) is 2.67. The number of piperazine rings is 1. The Bertz CT molecular complexity index is 706. The summed E-state index contributed by atoms with van der Waals surface area (Å²) in [5.41, 5.74) is 0.469. The third-order valence-electron chi connectivity index (χ3n) is 6.36. The lowest BCUT2D eigenvalue weighted by Gasteiger charge is -2.36. The third kappa shape index (κ3) is 6.51. The molecule has 0 unspecified atom stereocenters. The number of hydrogen-bond acceptors (Lipinski definition) is 4. The fourth-order valence-corrected chi connectivity index (χ4v) is 4.32. The van der Waals surface area contributed by atoms with Crippen LogP contribution in [0.1, 0.15) is 33.1 Å². The predicted molar refractivity (Wildman–Crippen MR) is 112 cm³/mol. The zero-order valence-electron chi connectivity index (χ0n) is 17.5. The molecule has 2 N–H and O–H groups in total. The molecular formula is C22H33FN4O2. The van der Waals surface area contributed by atoms with Crippen LogP contribution in [0.25, 0.3) is 0 Å². The lowest BCUT2D eigenvalue weighted by molar-refractivity contribution is -0.124. The fraction of sp³-hybridized carbons (Fsp3) is 0.636. The molecule has 1 heterocycles. The van der Waals surface area contributed by atoms with Gasteiger partial charge in [0.15, 0.2) is 0 Å². The van der Waals surface area contributed by atoms with Crippen LogP contribution in [0.5, 0.6) is 0 Å². The van der Waals surface area contributed by atoms with E-state index < -0.39 is 0 Å². The number of nitrogens with one attached hydrogen (secondary N) is 2. The molecule has 0 radical (unpaired) electrons. The third-order valence-corrected chi connectivity index (χ3v) is 6.36. The van der Waals surface area contributed by atoms with Crippen LogP contribution in [0.15, 0.2) is 24.3 Å². The van der Waals surface area contributed by atoms with Gasteiger partial charge in [-0.2, -0.15) is 0 Å². The van der Waals surface area contributed by atoms with Crippen LogP contribution < -0.4 is 10.6 Å². The van der Waals surface area contributed by atoms with Gasteiger partial charge in [-0.15, -0.1) is 0 Å². The minimum atomic E-state index is -0.369. The summed E-state index contributed by atoms with van der Waals surface area (Å²) in [4.78, 5) is 28.8. The molecule has 1 aromatic carbocycles. The minimum absolute atomic E-state index is 0.105. The highest BCUT2D eigenvalue weighted by Crippen LogP contribution is 2.29. The molecule has 2 aliphatic rings. The minimum Gasteiger partial charge on any atom is -0.352 e. The van der Waals surface area contributed by atoms with Crippen LogP contribution in [0.2, 0.25) is 0 Å². The fourth-order valence-electron chi connectivity index (χ4n) is 4.32. The molecule has 0 aromatic heterocycles. The van der Waals surface area contributed by atoms with Crippen LogP contribution in [0.3, 0.4) is 0 Å². The topological polar surface area (TPSA) is 64.7 Å². The molecular weight excluding hydrogens is 371 g/mol. The van der Waals surface area contributed by atoms with Crippen molar-refractivity contribution in [3.05, 3.63) is 30.1 Å². The van der Waals surface area contributed by atoms with E-state index in [-0.39, 0.29) is 24.2 Å². The van der Waals surface area contributed by atoms with Crippen molar-refractivity contribution >= 4 is 17.5 Å². The van der Waals surface area contributed by atoms with Gasteiger partial charge in [0.05, 0.1) is 13.1 Å². The van der Waals surface area contributed by atoms with Crippen molar-refractivity contribution in [1.82, 2.24) is 15.1 Å². The van der Waals surface area contributed by atoms with Gasteiger partial charge >= 0.3 is 0 Å². The van der Waals surface area contributed by atoms with Crippen molar-refractivity contribution in [3.8, 4) is 0 Å². The zero-order chi connectivity index (χ0) is 20.8. The standard InChI is InChI=1S/C22H33FN4O2/c1-16-5-3-8-20(17(16)2)25-22(29)15-27-11-9-26(10-12-27)14-21(28)24-19-7-4-6-18(23)13-19/h4,6-7,13,16-17,20H,3,5,8-12,14-15H2,1-2H3,(H,24,28)(H,25,29)/t16-,17+,20+/m1/s1. The molecule has 2 amide bonds. The van der Waals surface area contributed by atoms with Gasteiger partial charge in [-0.3, -0.25) is 19.4 Å². The number of carbonyl (C=O) groups is 2. The van der Waals surface area contributed by atoms with Gasteiger partial charge in [-0.05, 0) is 36.5 Å². The van der Waals surface area contributed by atoms with E-state index in [4.69, 9.17) is 0 Å². The SMILES string of the molecule is C[C@H]1[C@H](C)CCC[C@@H]1NC(=O)CN1CCN(CC(=O)Nc2cccc(F)c2)CC1. The Morgan fingerprint density at radius 1 is 1.03 bits per heavy atom. The van der Waals surface area contributed by atoms with Gasteiger partial charge in [0.2, 0.25) is 11.8 Å². The van der Waals surface area contributed by atoms with Gasteiger partial charge in [-0.1, -0.05) is 32.8 Å². The molecule has 1 saturated carbocycles. The van der Waals surface area contributed by atoms with E-state index in [9.17, 15) is 14.0 Å². The Labute approximate surface area is 172 Å². The van der Waals surface area contributed by atoms with E-state index in [1.165, 1.54) is 25.0 Å². The van der Waals surface area contributed by atoms with Gasteiger partial charge in [0.1, 0.15) is 5.82 Å². The predicted octanol–water partition coefficient (Wildman–Crippen LogP) is 2.32. The molecule has 3 rings (SSSR count). The summed E-state index contributed by atoms with van der Waals surface area (Å²) in [7, 11) is 0. The van der Waals surface area contributed by atoms with E-state index in [1.54, 1.807) is 12.1 Å². The summed E-state index contributed by atoms with van der Waals surface area (Å²) >= 11 is 0. The number of benzene rings is 1. The van der Waals surface area contributed by atoms with E-state index >= 15 is 0 Å². The molecule has 1 aromatic rings. The first-order valence-corrected chi connectivity index (χ1v) is 10.7. The van der Waals surface area contributed by atoms with E-state index in [0.29, 0.717) is 30.1 Å². The van der Waals surface area contributed by atoms with E-state index in [0.717, 1.165) is 32.6 Å². The monoisotopic (exact) mass is 404 g/mol. The Morgan fingerprint density at radius 3 is 2.34 bits per heavy atom. The number of halogens is 1. The molecule has 1 saturated heterocycles. The summed E-state index contributed by atoms with van der Waals surface area (Å²) in [5, 5.41) is 5.96. The number of anilines is 1. The van der Waals surface area contributed by atoms with Gasteiger partial charge < -0.3 is 10.6 Å². The van der Waals surface area contributed by atoms with Crippen molar-refractivity contribution in [3.63, 3.8) is 0 Å². The summed E-state index contributed by atoms with van der Waals surface area (Å²) in [5.74, 6) is 0.777. The molecule has 3 atom stereocenters. The first kappa shape index (κ1) is 21.7. The van der Waals surface area contributed by atoms with Crippen molar-refractivity contribution < 1.29 is 14.0 Å². The Hall–Kier alpha value is -1.99. The van der Waals surface area contributed by atoms with Crippen molar-refractivity contribution in [2.45, 2.75) is 39.2 Å². The molecule has 1 aliphatic heterocycles. The van der Waals surface area contributed by atoms with Gasteiger partial charge in [0, 0.05) is 37.9 Å². The molecule has 0 bridgehead atoms. The largest absolute Gasteiger partial charge is 0.352 e. The highest BCUT2D eigenvalue weighted by Gasteiger charge is 2.29. The maximum Gasteiger partial charge on any atom is 0.238 e. The van der Waals surface area contributed by atoms with E-state index in [2.05, 4.69) is 34.3 Å². The zero-order valence-corrected chi connectivity index (χ0v) is 17.5. The van der Waals surface area contributed by atoms with E-state index in [1.807, 2.05) is 0 Å². The summed E-state index contributed by atoms with van der Waals surface area (Å²) in [6.07, 6.45) is 3.51. The molecule has 1 aliphatic carbocycles. The molecule has 0 spiro atoms. The second-order valence-electron chi connectivity index (χ2n) is 8.55. The Balaban J connectivity index is 1.36. The quantitative estimate of drug-likeness (QED) is 0.764. The first-order chi connectivity index (χ1) is 13.9. The lowest BCUT2D eigenvalue weighted by Crippen LogP contribution is -2.52. The molecule has 160 valence electrons. The molecule has 29 heavy (non-hydrogen) atoms. The van der Waals surface area contributed by atoms with Crippen LogP contribution in [-0.2, 0) is 9.59 Å². The number of rotatable bonds is 6. The van der Waals surface area contributed by atoms with Crippen LogP contribution >= 0.6 is 0 Å². The highest BCUT2D eigenvalue weighted by molar-refractivity contribution is 5.92. The van der Waals surface area contributed by atoms with Crippen molar-refractivity contribution in [1.29, 1.82) is 0 Å². The smallest absolute Gasteiger partial charge is 0.238 e. The average molecular weight is 405 g/mol. The maximum atomic E-state index is 13.2.